The summed E-state index contributed by atoms with van der Waals surface area (Å²) in [5, 5.41) is 0.706. The molecule has 2 unspecified atom stereocenters. The van der Waals surface area contributed by atoms with Crippen molar-refractivity contribution in [3.63, 3.8) is 0 Å². The van der Waals surface area contributed by atoms with Crippen LogP contribution in [0.1, 0.15) is 12.8 Å². The molecule has 2 atom stereocenters. The molecule has 24 heavy (non-hydrogen) atoms. The first-order valence-electron chi connectivity index (χ1n) is 8.22. The number of likely N-dealkylation sites (tertiary alicyclic amines) is 1. The molecule has 1 saturated heterocycles. The van der Waals surface area contributed by atoms with Crippen LogP contribution >= 0.6 is 23.4 Å². The molecule has 0 amide bonds. The van der Waals surface area contributed by atoms with Gasteiger partial charge in [0.25, 0.3) is 0 Å². The Balaban J connectivity index is 0.00000169. The summed E-state index contributed by atoms with van der Waals surface area (Å²) < 4.78 is 0. The lowest BCUT2D eigenvalue weighted by Crippen LogP contribution is -3.10. The number of benzene rings is 1. The predicted octanol–water partition coefficient (Wildman–Crippen LogP) is 0.266. The fourth-order valence-corrected chi connectivity index (χ4v) is 5.01. The average Bonchev–Trinajstić information content (AvgIpc) is 2.54. The molecule has 2 aromatic rings. The second-order valence-electron chi connectivity index (χ2n) is 6.58. The first kappa shape index (κ1) is 17.9. The fraction of sp³-hybridized carbons (Fsp3) is 0.389. The number of fused-ring (bicyclic) bond motifs is 2. The van der Waals surface area contributed by atoms with Crippen LogP contribution in [0.15, 0.2) is 46.3 Å². The summed E-state index contributed by atoms with van der Waals surface area (Å²) in [5.74, 6) is 1.77. The second-order valence-corrected chi connectivity index (χ2v) is 8.10. The van der Waals surface area contributed by atoms with Gasteiger partial charge in [-0.2, -0.15) is 0 Å². The summed E-state index contributed by atoms with van der Waals surface area (Å²) in [6.07, 6.45) is 4.40. The molecule has 0 spiro atoms. The topological polar surface area (TPSA) is 20.6 Å². The third-order valence-corrected chi connectivity index (χ3v) is 6.02. The molecule has 128 valence electrons. The van der Waals surface area contributed by atoms with Crippen LogP contribution in [0.25, 0.3) is 0 Å². The molecule has 1 fully saturated rings. The molecule has 3 nitrogen and oxygen atoms in total. The summed E-state index contributed by atoms with van der Waals surface area (Å²) in [6.45, 7) is 3.58. The second kappa shape index (κ2) is 7.52. The van der Waals surface area contributed by atoms with Crippen LogP contribution in [-0.2, 0) is 0 Å². The molecule has 2 aliphatic heterocycles. The molecule has 0 saturated carbocycles. The average molecular weight is 382 g/mol. The number of aromatic nitrogens is 1. The molecule has 2 aliphatic rings. The van der Waals surface area contributed by atoms with Gasteiger partial charge >= 0.3 is 0 Å². The van der Waals surface area contributed by atoms with E-state index in [4.69, 9.17) is 11.6 Å². The van der Waals surface area contributed by atoms with E-state index in [9.17, 15) is 0 Å². The Morgan fingerprint density at radius 2 is 2.17 bits per heavy atom. The minimum atomic E-state index is 0. The number of quaternary nitrogens is 1. The normalized spacial score (nSPS) is 22.3. The van der Waals surface area contributed by atoms with Crippen molar-refractivity contribution >= 4 is 34.9 Å². The molecule has 1 N–H and O–H groups in total. The quantitative estimate of drug-likeness (QED) is 0.806. The van der Waals surface area contributed by atoms with Crippen LogP contribution in [0.5, 0.6) is 0 Å². The Bertz CT molecular complexity index is 725. The van der Waals surface area contributed by atoms with E-state index in [1.165, 1.54) is 36.5 Å². The van der Waals surface area contributed by atoms with E-state index in [2.05, 4.69) is 41.2 Å². The van der Waals surface area contributed by atoms with E-state index in [0.29, 0.717) is 10.9 Å². The van der Waals surface area contributed by atoms with Crippen molar-refractivity contribution in [2.45, 2.75) is 22.6 Å². The lowest BCUT2D eigenvalue weighted by molar-refractivity contribution is -0.888. The number of nitrogens with zero attached hydrogens (tertiary/aromatic N) is 2. The molecule has 4 rings (SSSR count). The Kier molecular flexibility index (Phi) is 5.60. The van der Waals surface area contributed by atoms with Crippen molar-refractivity contribution in [3.8, 4) is 0 Å². The third-order valence-electron chi connectivity index (χ3n) is 4.73. The van der Waals surface area contributed by atoms with E-state index < -0.39 is 0 Å². The first-order valence-corrected chi connectivity index (χ1v) is 9.41. The summed E-state index contributed by atoms with van der Waals surface area (Å²) in [7, 11) is 2.30. The standard InChI is InChI=1S/C18H20ClN3S.ClH/c1-21-8-4-5-13(11-21)12-22-15-6-2-3-7-16(15)23-17-9-14(19)10-20-18(17)22;/h2-3,6-7,9-10,13H,4-5,8,11-12H2,1H3;1H. The van der Waals surface area contributed by atoms with Crippen LogP contribution in [0.3, 0.4) is 0 Å². The smallest absolute Gasteiger partial charge is 0.147 e. The number of para-hydroxylation sites is 1. The van der Waals surface area contributed by atoms with Crippen LogP contribution < -0.4 is 22.2 Å². The lowest BCUT2D eigenvalue weighted by Gasteiger charge is -2.36. The zero-order valence-corrected chi connectivity index (χ0v) is 16.0. The Hall–Kier alpha value is -0.940. The number of piperidine rings is 1. The molecular formula is C18H21Cl2N3S. The molecule has 0 bridgehead atoms. The lowest BCUT2D eigenvalue weighted by atomic mass is 9.97. The van der Waals surface area contributed by atoms with Gasteiger partial charge in [-0.25, -0.2) is 4.98 Å². The highest BCUT2D eigenvalue weighted by atomic mass is 35.5. The van der Waals surface area contributed by atoms with Crippen molar-refractivity contribution in [3.05, 3.63) is 41.6 Å². The fourth-order valence-electron chi connectivity index (χ4n) is 3.68. The molecule has 1 aromatic carbocycles. The van der Waals surface area contributed by atoms with E-state index >= 15 is 0 Å². The molecule has 0 radical (unpaired) electrons. The number of pyridine rings is 1. The summed E-state index contributed by atoms with van der Waals surface area (Å²) >= 11 is 7.93. The van der Waals surface area contributed by atoms with Crippen LogP contribution in [0.2, 0.25) is 5.02 Å². The van der Waals surface area contributed by atoms with Gasteiger partial charge in [-0.3, -0.25) is 0 Å². The van der Waals surface area contributed by atoms with Crippen LogP contribution in [-0.4, -0.2) is 31.7 Å². The van der Waals surface area contributed by atoms with Gasteiger partial charge in [0.15, 0.2) is 0 Å². The number of nitrogens with one attached hydrogen (secondary N) is 1. The highest BCUT2D eigenvalue weighted by molar-refractivity contribution is 7.99. The Labute approximate surface area is 158 Å². The monoisotopic (exact) mass is 381 g/mol. The zero-order chi connectivity index (χ0) is 15.8. The van der Waals surface area contributed by atoms with Crippen molar-refractivity contribution in [2.75, 3.05) is 31.6 Å². The first-order chi connectivity index (χ1) is 11.2. The molecule has 0 aliphatic carbocycles. The maximum absolute atomic E-state index is 6.16. The number of hydrogen-bond donors (Lipinski definition) is 1. The molecule has 1 aromatic heterocycles. The summed E-state index contributed by atoms with van der Waals surface area (Å²) in [4.78, 5) is 11.1. The number of anilines is 2. The number of hydrogen-bond acceptors (Lipinski definition) is 3. The van der Waals surface area contributed by atoms with Gasteiger partial charge in [-0.15, -0.1) is 0 Å². The van der Waals surface area contributed by atoms with E-state index in [0.717, 1.165) is 17.3 Å². The maximum atomic E-state index is 6.16. The maximum Gasteiger partial charge on any atom is 0.147 e. The highest BCUT2D eigenvalue weighted by Gasteiger charge is 2.29. The number of halogens is 2. The van der Waals surface area contributed by atoms with Gasteiger partial charge in [-0.05, 0) is 31.0 Å². The van der Waals surface area contributed by atoms with Gasteiger partial charge in [0, 0.05) is 23.6 Å². The summed E-state index contributed by atoms with van der Waals surface area (Å²) in [6, 6.07) is 10.7. The summed E-state index contributed by atoms with van der Waals surface area (Å²) in [5.41, 5.74) is 1.28. The van der Waals surface area contributed by atoms with Gasteiger partial charge in [0.2, 0.25) is 0 Å². The third kappa shape index (κ3) is 3.52. The highest BCUT2D eigenvalue weighted by Crippen LogP contribution is 2.47. The molecule has 6 heteroatoms. The minimum absolute atomic E-state index is 0. The van der Waals surface area contributed by atoms with Gasteiger partial charge in [0.05, 0.1) is 35.7 Å². The Morgan fingerprint density at radius 1 is 1.33 bits per heavy atom. The number of rotatable bonds is 2. The van der Waals surface area contributed by atoms with E-state index in [1.54, 1.807) is 22.9 Å². The SMILES string of the molecule is C[NH+]1CCCC(CN2c3ccccc3Sc3cc(Cl)cnc32)C1.[Cl-]. The van der Waals surface area contributed by atoms with Crippen LogP contribution in [0, 0.1) is 5.92 Å². The zero-order valence-electron chi connectivity index (χ0n) is 13.6. The van der Waals surface area contributed by atoms with Gasteiger partial charge in [-0.1, -0.05) is 35.5 Å². The predicted molar refractivity (Wildman–Crippen MR) is 96.2 cm³/mol. The minimum Gasteiger partial charge on any atom is -1.00 e. The van der Waals surface area contributed by atoms with Crippen molar-refractivity contribution in [1.29, 1.82) is 0 Å². The largest absolute Gasteiger partial charge is 1.00 e. The molecule has 3 heterocycles. The van der Waals surface area contributed by atoms with Gasteiger partial charge in [0.1, 0.15) is 5.82 Å². The van der Waals surface area contributed by atoms with E-state index in [1.807, 2.05) is 6.07 Å². The van der Waals surface area contributed by atoms with E-state index in [-0.39, 0.29) is 12.4 Å². The van der Waals surface area contributed by atoms with Crippen molar-refractivity contribution in [1.82, 2.24) is 4.98 Å². The van der Waals surface area contributed by atoms with Crippen molar-refractivity contribution in [2.24, 2.45) is 5.92 Å². The van der Waals surface area contributed by atoms with Crippen LogP contribution in [0.4, 0.5) is 11.5 Å². The van der Waals surface area contributed by atoms with Crippen molar-refractivity contribution < 1.29 is 17.3 Å². The Morgan fingerprint density at radius 3 is 3.00 bits per heavy atom. The molecular weight excluding hydrogens is 361 g/mol. The van der Waals surface area contributed by atoms with Gasteiger partial charge < -0.3 is 22.2 Å².